The van der Waals surface area contributed by atoms with Crippen molar-refractivity contribution in [2.24, 2.45) is 10.7 Å². The van der Waals surface area contributed by atoms with Gasteiger partial charge in [0.2, 0.25) is 5.95 Å². The summed E-state index contributed by atoms with van der Waals surface area (Å²) in [6, 6.07) is 0. The van der Waals surface area contributed by atoms with Gasteiger partial charge in [-0.1, -0.05) is 25.8 Å². The fourth-order valence-electron chi connectivity index (χ4n) is 3.37. The summed E-state index contributed by atoms with van der Waals surface area (Å²) in [5.41, 5.74) is 6.92. The Labute approximate surface area is 164 Å². The number of nitrogens with two attached hydrogens (primary N) is 1. The summed E-state index contributed by atoms with van der Waals surface area (Å²) >= 11 is 0. The molecular weight excluding hydrogens is 364 g/mol. The van der Waals surface area contributed by atoms with Crippen LogP contribution in [0.25, 0.3) is 0 Å². The number of allylic oxidation sites excluding steroid dienone is 1. The molecule has 0 amide bonds. The fraction of sp³-hybridized carbons (Fsp3) is 0.667. The molecule has 1 saturated heterocycles. The van der Waals surface area contributed by atoms with Crippen LogP contribution in [0.3, 0.4) is 0 Å². The normalized spacial score (nSPS) is 29.6. The van der Waals surface area contributed by atoms with Gasteiger partial charge in [0, 0.05) is 12.7 Å². The second-order valence-electron chi connectivity index (χ2n) is 6.94. The zero-order chi connectivity index (χ0) is 20.3. The molecule has 10 heteroatoms. The molecule has 3 unspecified atom stereocenters. The number of aliphatic hydroxyl groups excluding tert-OH is 3. The molecule has 3 heterocycles. The van der Waals surface area contributed by atoms with Gasteiger partial charge in [0.25, 0.3) is 0 Å². The first kappa shape index (κ1) is 20.7. The Bertz CT molecular complexity index is 721. The van der Waals surface area contributed by atoms with Crippen molar-refractivity contribution in [3.63, 3.8) is 0 Å². The van der Waals surface area contributed by atoms with Crippen molar-refractivity contribution < 1.29 is 20.1 Å². The molecule has 0 radical (unpaired) electrons. The van der Waals surface area contributed by atoms with Crippen LogP contribution >= 0.6 is 0 Å². The van der Waals surface area contributed by atoms with E-state index in [2.05, 4.69) is 28.3 Å². The van der Waals surface area contributed by atoms with E-state index in [1.165, 1.54) is 0 Å². The first-order valence-electron chi connectivity index (χ1n) is 9.75. The van der Waals surface area contributed by atoms with Crippen molar-refractivity contribution in [1.82, 2.24) is 14.5 Å². The van der Waals surface area contributed by atoms with Gasteiger partial charge >= 0.3 is 0 Å². The quantitative estimate of drug-likeness (QED) is 0.403. The summed E-state index contributed by atoms with van der Waals surface area (Å²) in [7, 11) is 0. The van der Waals surface area contributed by atoms with E-state index in [1.807, 2.05) is 13.1 Å². The van der Waals surface area contributed by atoms with E-state index in [-0.39, 0.29) is 0 Å². The van der Waals surface area contributed by atoms with Crippen molar-refractivity contribution in [2.45, 2.75) is 63.8 Å². The van der Waals surface area contributed by atoms with E-state index in [4.69, 9.17) is 10.5 Å². The van der Waals surface area contributed by atoms with Crippen LogP contribution in [0.15, 0.2) is 17.3 Å². The lowest BCUT2D eigenvalue weighted by Crippen LogP contribution is -2.33. The first-order valence-corrected chi connectivity index (χ1v) is 9.75. The highest BCUT2D eigenvalue weighted by Crippen LogP contribution is 2.40. The van der Waals surface area contributed by atoms with Crippen molar-refractivity contribution in [1.29, 1.82) is 0 Å². The minimum Gasteiger partial charge on any atom is -0.394 e. The number of imidazole rings is 1. The van der Waals surface area contributed by atoms with Gasteiger partial charge in [-0.3, -0.25) is 4.57 Å². The number of nitrogens with one attached hydrogen (secondary N) is 1. The number of nitrogens with zero attached hydrogens (tertiary/aromatic N) is 4. The number of anilines is 1. The molecule has 6 N–H and O–H groups in total. The highest BCUT2D eigenvalue weighted by molar-refractivity contribution is 5.68. The molecule has 156 valence electrons. The molecule has 0 aromatic carbocycles. The Morgan fingerprint density at radius 2 is 2.11 bits per heavy atom. The maximum atomic E-state index is 10.4. The lowest BCUT2D eigenvalue weighted by atomic mass is 10.1. The van der Waals surface area contributed by atoms with Gasteiger partial charge in [-0.15, -0.1) is 0 Å². The van der Waals surface area contributed by atoms with Gasteiger partial charge < -0.3 is 36.0 Å². The van der Waals surface area contributed by atoms with Crippen molar-refractivity contribution in [3.05, 3.63) is 18.0 Å². The number of hydrogen-bond donors (Lipinski definition) is 5. The predicted molar refractivity (Wildman–Crippen MR) is 105 cm³/mol. The second kappa shape index (κ2) is 9.01. The lowest BCUT2D eigenvalue weighted by Gasteiger charge is -2.27. The molecule has 3 rings (SSSR count). The summed E-state index contributed by atoms with van der Waals surface area (Å²) in [5.74, 6) is 0.892. The van der Waals surface area contributed by atoms with Gasteiger partial charge in [0.1, 0.15) is 30.2 Å². The number of rotatable bonds is 8. The zero-order valence-electron chi connectivity index (χ0n) is 16.3. The summed E-state index contributed by atoms with van der Waals surface area (Å²) in [4.78, 5) is 10.8. The van der Waals surface area contributed by atoms with Crippen LogP contribution in [-0.4, -0.2) is 67.6 Å². The third-order valence-corrected chi connectivity index (χ3v) is 4.93. The number of aromatic nitrogens is 2. The van der Waals surface area contributed by atoms with Gasteiger partial charge in [0.15, 0.2) is 12.0 Å². The molecule has 1 fully saturated rings. The maximum absolute atomic E-state index is 10.4. The van der Waals surface area contributed by atoms with Crippen molar-refractivity contribution in [3.8, 4) is 0 Å². The topological polar surface area (TPSA) is 141 Å². The number of aliphatic imine (C=N–C) groups is 1. The van der Waals surface area contributed by atoms with Gasteiger partial charge in [-0.05, 0) is 13.3 Å². The highest BCUT2D eigenvalue weighted by Gasteiger charge is 2.46. The second-order valence-corrected chi connectivity index (χ2v) is 6.94. The lowest BCUT2D eigenvalue weighted by molar-refractivity contribution is -0.0510. The third kappa shape index (κ3) is 3.78. The fourth-order valence-corrected chi connectivity index (χ4v) is 3.37. The van der Waals surface area contributed by atoms with Crippen LogP contribution in [0.2, 0.25) is 0 Å². The molecule has 5 atom stereocenters. The van der Waals surface area contributed by atoms with E-state index in [1.54, 1.807) is 15.8 Å². The van der Waals surface area contributed by atoms with Gasteiger partial charge in [0.05, 0.1) is 12.9 Å². The molecule has 1 aromatic rings. The number of aliphatic hydroxyl groups is 3. The maximum Gasteiger partial charge on any atom is 0.207 e. The Morgan fingerprint density at radius 1 is 1.32 bits per heavy atom. The largest absolute Gasteiger partial charge is 0.394 e. The van der Waals surface area contributed by atoms with Crippen LogP contribution in [0.1, 0.15) is 51.2 Å². The van der Waals surface area contributed by atoms with Crippen LogP contribution in [0.5, 0.6) is 0 Å². The minimum atomic E-state index is -1.23. The molecular formula is C18H30N6O4. The summed E-state index contributed by atoms with van der Waals surface area (Å²) in [6.07, 6.45) is 3.95. The molecule has 0 bridgehead atoms. The number of ether oxygens (including phenoxy) is 1. The molecule has 10 nitrogen and oxygen atoms in total. The molecule has 0 aliphatic carbocycles. The zero-order valence-corrected chi connectivity index (χ0v) is 16.3. The molecule has 2 aliphatic heterocycles. The first-order chi connectivity index (χ1) is 13.5. The molecule has 0 spiro atoms. The molecule has 28 heavy (non-hydrogen) atoms. The SMILES string of the molecule is CCCCC=CN1C=Nc2c(nc(NCC)n2[C@@H]2O[C@H](CO)C(O)C2O)C1N. The average Bonchev–Trinajstić information content (AvgIpc) is 3.19. The highest BCUT2D eigenvalue weighted by atomic mass is 16.6. The van der Waals surface area contributed by atoms with E-state index < -0.39 is 37.3 Å². The smallest absolute Gasteiger partial charge is 0.207 e. The standard InChI is InChI=1S/C18H30N6O4/c1-3-5-6-7-8-23-10-21-16-12(15(23)19)22-18(20-4-2)24(16)17-14(27)13(26)11(9-25)28-17/h7-8,10-11,13-15,17,25-27H,3-6,9,19H2,1-2H3,(H,20,22)/t11-,13?,14?,15?,17-/m1/s1. The van der Waals surface area contributed by atoms with Gasteiger partial charge in [-0.2, -0.15) is 0 Å². The van der Waals surface area contributed by atoms with E-state index in [9.17, 15) is 15.3 Å². The van der Waals surface area contributed by atoms with Crippen LogP contribution < -0.4 is 11.1 Å². The molecule has 0 saturated carbocycles. The Kier molecular flexibility index (Phi) is 6.68. The minimum absolute atomic E-state index is 0.402. The van der Waals surface area contributed by atoms with Crippen molar-refractivity contribution in [2.75, 3.05) is 18.5 Å². The third-order valence-electron chi connectivity index (χ3n) is 4.93. The average molecular weight is 394 g/mol. The number of unbranched alkanes of at least 4 members (excludes halogenated alkanes) is 2. The summed E-state index contributed by atoms with van der Waals surface area (Å²) in [5, 5.41) is 33.1. The summed E-state index contributed by atoms with van der Waals surface area (Å²) in [6.45, 7) is 4.24. The van der Waals surface area contributed by atoms with E-state index >= 15 is 0 Å². The van der Waals surface area contributed by atoms with Gasteiger partial charge in [-0.25, -0.2) is 9.98 Å². The number of hydrogen-bond acceptors (Lipinski definition) is 9. The number of fused-ring (bicyclic) bond motifs is 1. The van der Waals surface area contributed by atoms with E-state index in [0.717, 1.165) is 19.3 Å². The molecule has 1 aromatic heterocycles. The van der Waals surface area contributed by atoms with Crippen LogP contribution in [0.4, 0.5) is 11.8 Å². The van der Waals surface area contributed by atoms with Crippen LogP contribution in [0, 0.1) is 0 Å². The summed E-state index contributed by atoms with van der Waals surface area (Å²) < 4.78 is 7.27. The Morgan fingerprint density at radius 3 is 2.75 bits per heavy atom. The van der Waals surface area contributed by atoms with E-state index in [0.29, 0.717) is 24.0 Å². The van der Waals surface area contributed by atoms with Crippen LogP contribution in [-0.2, 0) is 4.74 Å². The Hall–Kier alpha value is -1.98. The molecule has 2 aliphatic rings. The monoisotopic (exact) mass is 394 g/mol. The van der Waals surface area contributed by atoms with Crippen molar-refractivity contribution >= 4 is 18.1 Å². The predicted octanol–water partition coefficient (Wildman–Crippen LogP) is 0.563. The Balaban J connectivity index is 1.92.